The molecule has 12 heavy (non-hydrogen) atoms. The number of rotatable bonds is 3. The molecule has 0 amide bonds. The van der Waals surface area contributed by atoms with E-state index in [9.17, 15) is 4.79 Å². The van der Waals surface area contributed by atoms with Crippen molar-refractivity contribution in [1.82, 2.24) is 0 Å². The third-order valence-electron chi connectivity index (χ3n) is 1.47. The summed E-state index contributed by atoms with van der Waals surface area (Å²) in [5.41, 5.74) is 5.33. The number of carbonyl (C=O) groups is 1. The van der Waals surface area contributed by atoms with E-state index in [0.717, 1.165) is 8.66 Å². The molecule has 3 N–H and O–H groups in total. The molecule has 66 valence electrons. The van der Waals surface area contributed by atoms with Crippen LogP contribution < -0.4 is 5.73 Å². The highest BCUT2D eigenvalue weighted by atomic mass is 79.9. The average molecular weight is 250 g/mol. The van der Waals surface area contributed by atoms with Gasteiger partial charge in [-0.3, -0.25) is 4.79 Å². The molecule has 3 nitrogen and oxygen atoms in total. The van der Waals surface area contributed by atoms with E-state index in [1.807, 2.05) is 6.07 Å². The third kappa shape index (κ3) is 2.06. The predicted molar refractivity (Wildman–Crippen MR) is 51.5 cm³/mol. The minimum absolute atomic E-state index is 0.141. The maximum absolute atomic E-state index is 10.7. The van der Waals surface area contributed by atoms with Crippen LogP contribution in [0.15, 0.2) is 15.9 Å². The van der Waals surface area contributed by atoms with Gasteiger partial charge >= 0.3 is 5.97 Å². The summed E-state index contributed by atoms with van der Waals surface area (Å²) in [6.07, 6.45) is 0. The Balaban J connectivity index is 2.87. The Bertz CT molecular complexity index is 287. The molecule has 1 unspecified atom stereocenters. The summed E-state index contributed by atoms with van der Waals surface area (Å²) in [6, 6.07) is 3.60. The van der Waals surface area contributed by atoms with Gasteiger partial charge in [0.2, 0.25) is 0 Å². The quantitative estimate of drug-likeness (QED) is 0.857. The second kappa shape index (κ2) is 4.02. The number of hydrogen-bond acceptors (Lipinski definition) is 3. The summed E-state index contributed by atoms with van der Waals surface area (Å²) in [7, 11) is 0. The van der Waals surface area contributed by atoms with E-state index in [0.29, 0.717) is 0 Å². The first kappa shape index (κ1) is 9.70. The summed E-state index contributed by atoms with van der Waals surface area (Å²) in [5.74, 6) is -1.44. The van der Waals surface area contributed by atoms with Crippen LogP contribution in [-0.2, 0) is 4.79 Å². The maximum atomic E-state index is 10.7. The largest absolute Gasteiger partial charge is 0.481 e. The lowest BCUT2D eigenvalue weighted by molar-refractivity contribution is -0.138. The van der Waals surface area contributed by atoms with Gasteiger partial charge in [-0.15, -0.1) is 11.3 Å². The van der Waals surface area contributed by atoms with Crippen LogP contribution in [0, 0.1) is 0 Å². The van der Waals surface area contributed by atoms with Crippen LogP contribution in [0.5, 0.6) is 0 Å². The topological polar surface area (TPSA) is 63.3 Å². The standard InChI is InChI=1S/C7H8BrNO2S/c8-6-2-1-5(12-6)4(3-9)7(10)11/h1-2,4H,3,9H2,(H,10,11). The van der Waals surface area contributed by atoms with Crippen LogP contribution >= 0.6 is 27.3 Å². The van der Waals surface area contributed by atoms with Crippen LogP contribution in [0.4, 0.5) is 0 Å². The normalized spacial score (nSPS) is 12.8. The van der Waals surface area contributed by atoms with Crippen molar-refractivity contribution in [3.8, 4) is 0 Å². The first-order chi connectivity index (χ1) is 5.65. The molecule has 0 radical (unpaired) electrons. The second-order valence-corrected chi connectivity index (χ2v) is 4.76. The highest BCUT2D eigenvalue weighted by Crippen LogP contribution is 2.28. The fraction of sp³-hybridized carbons (Fsp3) is 0.286. The van der Waals surface area contributed by atoms with Gasteiger partial charge in [0.05, 0.1) is 3.79 Å². The van der Waals surface area contributed by atoms with Crippen LogP contribution in [-0.4, -0.2) is 17.6 Å². The zero-order valence-corrected chi connectivity index (χ0v) is 8.56. The Morgan fingerprint density at radius 2 is 2.42 bits per heavy atom. The van der Waals surface area contributed by atoms with E-state index in [-0.39, 0.29) is 6.54 Å². The van der Waals surface area contributed by atoms with E-state index in [1.54, 1.807) is 6.07 Å². The molecule has 1 rings (SSSR count). The van der Waals surface area contributed by atoms with Gasteiger partial charge in [-0.05, 0) is 28.1 Å². The van der Waals surface area contributed by atoms with Crippen molar-refractivity contribution in [2.24, 2.45) is 5.73 Å². The molecule has 0 saturated carbocycles. The number of carboxylic acid groups (broad SMARTS) is 1. The SMILES string of the molecule is NCC(C(=O)O)c1ccc(Br)s1. The zero-order chi connectivity index (χ0) is 9.14. The molecular weight excluding hydrogens is 242 g/mol. The third-order valence-corrected chi connectivity index (χ3v) is 3.21. The number of thiophene rings is 1. The van der Waals surface area contributed by atoms with Gasteiger partial charge < -0.3 is 10.8 Å². The van der Waals surface area contributed by atoms with Gasteiger partial charge in [0.15, 0.2) is 0 Å². The first-order valence-corrected chi connectivity index (χ1v) is 4.94. The van der Waals surface area contributed by atoms with Crippen molar-refractivity contribution in [2.45, 2.75) is 5.92 Å². The monoisotopic (exact) mass is 249 g/mol. The fourth-order valence-electron chi connectivity index (χ4n) is 0.854. The Labute approximate surface area is 82.3 Å². The Kier molecular flexibility index (Phi) is 3.25. The first-order valence-electron chi connectivity index (χ1n) is 3.33. The summed E-state index contributed by atoms with van der Waals surface area (Å²) < 4.78 is 0.928. The molecule has 0 bridgehead atoms. The van der Waals surface area contributed by atoms with Gasteiger partial charge in [0, 0.05) is 11.4 Å². The molecule has 0 aliphatic rings. The number of hydrogen-bond donors (Lipinski definition) is 2. The lowest BCUT2D eigenvalue weighted by Crippen LogP contribution is -2.19. The minimum Gasteiger partial charge on any atom is -0.481 e. The molecule has 1 aromatic heterocycles. The minimum atomic E-state index is -0.869. The smallest absolute Gasteiger partial charge is 0.313 e. The lowest BCUT2D eigenvalue weighted by Gasteiger charge is -2.05. The molecule has 0 spiro atoms. The molecular formula is C7H8BrNO2S. The second-order valence-electron chi connectivity index (χ2n) is 2.27. The number of aliphatic carboxylic acids is 1. The molecule has 1 atom stereocenters. The van der Waals surface area contributed by atoms with E-state index in [1.165, 1.54) is 11.3 Å². The van der Waals surface area contributed by atoms with Crippen molar-refractivity contribution >= 4 is 33.2 Å². The van der Waals surface area contributed by atoms with E-state index < -0.39 is 11.9 Å². The number of halogens is 1. The molecule has 0 fully saturated rings. The maximum Gasteiger partial charge on any atom is 0.313 e. The summed E-state index contributed by atoms with van der Waals surface area (Å²) in [4.78, 5) is 11.4. The average Bonchev–Trinajstić information content (AvgIpc) is 2.37. The van der Waals surface area contributed by atoms with Crippen molar-refractivity contribution in [3.63, 3.8) is 0 Å². The van der Waals surface area contributed by atoms with E-state index >= 15 is 0 Å². The lowest BCUT2D eigenvalue weighted by atomic mass is 10.1. The van der Waals surface area contributed by atoms with Crippen molar-refractivity contribution in [3.05, 3.63) is 20.8 Å². The van der Waals surface area contributed by atoms with Gasteiger partial charge in [0.1, 0.15) is 5.92 Å². The Morgan fingerprint density at radius 1 is 1.75 bits per heavy atom. The molecule has 0 aliphatic carbocycles. The van der Waals surface area contributed by atoms with Gasteiger partial charge in [-0.2, -0.15) is 0 Å². The summed E-state index contributed by atoms with van der Waals surface area (Å²) >= 11 is 4.67. The molecule has 0 aliphatic heterocycles. The Hall–Kier alpha value is -0.390. The number of carboxylic acids is 1. The molecule has 5 heteroatoms. The van der Waals surface area contributed by atoms with Crippen LogP contribution in [0.2, 0.25) is 0 Å². The van der Waals surface area contributed by atoms with Crippen molar-refractivity contribution in [2.75, 3.05) is 6.54 Å². The fourth-order valence-corrected chi connectivity index (χ4v) is 2.38. The summed E-state index contributed by atoms with van der Waals surface area (Å²) in [5, 5.41) is 8.75. The van der Waals surface area contributed by atoms with E-state index in [2.05, 4.69) is 15.9 Å². The zero-order valence-electron chi connectivity index (χ0n) is 6.16. The Morgan fingerprint density at radius 3 is 2.75 bits per heavy atom. The van der Waals surface area contributed by atoms with Crippen molar-refractivity contribution < 1.29 is 9.90 Å². The molecule has 0 aromatic carbocycles. The molecule has 0 saturated heterocycles. The predicted octanol–water partition coefficient (Wildman–Crippen LogP) is 1.64. The van der Waals surface area contributed by atoms with E-state index in [4.69, 9.17) is 10.8 Å². The molecule has 1 heterocycles. The number of nitrogens with two attached hydrogens (primary N) is 1. The van der Waals surface area contributed by atoms with Crippen LogP contribution in [0.3, 0.4) is 0 Å². The van der Waals surface area contributed by atoms with Crippen molar-refractivity contribution in [1.29, 1.82) is 0 Å². The van der Waals surface area contributed by atoms with Gasteiger partial charge in [-0.1, -0.05) is 0 Å². The molecule has 1 aromatic rings. The van der Waals surface area contributed by atoms with Crippen LogP contribution in [0.25, 0.3) is 0 Å². The highest BCUT2D eigenvalue weighted by molar-refractivity contribution is 9.11. The highest BCUT2D eigenvalue weighted by Gasteiger charge is 2.19. The van der Waals surface area contributed by atoms with Gasteiger partial charge in [0.25, 0.3) is 0 Å². The van der Waals surface area contributed by atoms with Crippen LogP contribution in [0.1, 0.15) is 10.8 Å². The van der Waals surface area contributed by atoms with Gasteiger partial charge in [-0.25, -0.2) is 0 Å². The summed E-state index contributed by atoms with van der Waals surface area (Å²) in [6.45, 7) is 0.141.